The minimum atomic E-state index is -1.07. The van der Waals surface area contributed by atoms with Crippen LogP contribution < -0.4 is 11.1 Å². The van der Waals surface area contributed by atoms with Gasteiger partial charge < -0.3 is 16.2 Å². The van der Waals surface area contributed by atoms with Gasteiger partial charge in [0.05, 0.1) is 16.5 Å². The molecule has 5 nitrogen and oxygen atoms in total. The third-order valence-electron chi connectivity index (χ3n) is 2.54. The van der Waals surface area contributed by atoms with Crippen molar-refractivity contribution < 1.29 is 14.7 Å². The van der Waals surface area contributed by atoms with E-state index in [9.17, 15) is 9.59 Å². The van der Waals surface area contributed by atoms with Crippen LogP contribution in [-0.4, -0.2) is 34.5 Å². The molecule has 7 heteroatoms. The van der Waals surface area contributed by atoms with E-state index in [1.165, 1.54) is 11.8 Å². The second-order valence-corrected chi connectivity index (χ2v) is 5.88. The Morgan fingerprint density at radius 1 is 1.45 bits per heavy atom. The number of carbonyl (C=O) groups excluding carboxylic acids is 1. The number of amides is 1. The molecule has 0 bridgehead atoms. The van der Waals surface area contributed by atoms with Crippen LogP contribution in [0.15, 0.2) is 12.1 Å². The van der Waals surface area contributed by atoms with Crippen LogP contribution >= 0.6 is 23.4 Å². The molecule has 0 radical (unpaired) electrons. The van der Waals surface area contributed by atoms with Gasteiger partial charge in [0.25, 0.3) is 0 Å². The van der Waals surface area contributed by atoms with E-state index in [1.807, 2.05) is 19.9 Å². The van der Waals surface area contributed by atoms with Gasteiger partial charge in [0.1, 0.15) is 6.04 Å². The Morgan fingerprint density at radius 2 is 2.10 bits per heavy atom. The number of hydrogen-bond acceptors (Lipinski definition) is 4. The predicted molar refractivity (Wildman–Crippen MR) is 82.5 cm³/mol. The van der Waals surface area contributed by atoms with Gasteiger partial charge in [-0.25, -0.2) is 0 Å². The molecule has 1 aromatic rings. The monoisotopic (exact) mass is 316 g/mol. The van der Waals surface area contributed by atoms with E-state index in [4.69, 9.17) is 22.4 Å². The van der Waals surface area contributed by atoms with Crippen molar-refractivity contribution in [3.63, 3.8) is 0 Å². The summed E-state index contributed by atoms with van der Waals surface area (Å²) in [7, 11) is 0. The summed E-state index contributed by atoms with van der Waals surface area (Å²) in [6.45, 7) is 3.79. The number of carbonyl (C=O) groups is 2. The molecule has 4 N–H and O–H groups in total. The molecule has 0 fully saturated rings. The van der Waals surface area contributed by atoms with Gasteiger partial charge in [0.2, 0.25) is 5.91 Å². The number of halogens is 1. The van der Waals surface area contributed by atoms with Crippen LogP contribution in [0.2, 0.25) is 5.02 Å². The molecular weight excluding hydrogens is 300 g/mol. The number of nitrogens with one attached hydrogen (secondary N) is 1. The Hall–Kier alpha value is -1.24. The van der Waals surface area contributed by atoms with Crippen molar-refractivity contribution in [2.24, 2.45) is 5.73 Å². The second kappa shape index (κ2) is 7.52. The maximum atomic E-state index is 11.8. The zero-order chi connectivity index (χ0) is 15.3. The Balaban J connectivity index is 2.53. The highest BCUT2D eigenvalue weighted by Gasteiger charge is 2.13. The highest BCUT2D eigenvalue weighted by molar-refractivity contribution is 8.00. The lowest BCUT2D eigenvalue weighted by Gasteiger charge is -2.12. The van der Waals surface area contributed by atoms with Crippen LogP contribution in [0.5, 0.6) is 0 Å². The Labute approximate surface area is 126 Å². The molecule has 0 unspecified atom stereocenters. The van der Waals surface area contributed by atoms with Crippen molar-refractivity contribution in [1.29, 1.82) is 0 Å². The van der Waals surface area contributed by atoms with Crippen LogP contribution in [0.4, 0.5) is 5.69 Å². The van der Waals surface area contributed by atoms with Crippen LogP contribution in [0.3, 0.4) is 0 Å². The zero-order valence-electron chi connectivity index (χ0n) is 11.3. The topological polar surface area (TPSA) is 92.4 Å². The van der Waals surface area contributed by atoms with E-state index in [1.54, 1.807) is 6.07 Å². The molecule has 0 aliphatic heterocycles. The summed E-state index contributed by atoms with van der Waals surface area (Å²) >= 11 is 7.26. The molecule has 1 aromatic carbocycles. The summed E-state index contributed by atoms with van der Waals surface area (Å²) < 4.78 is 0. The van der Waals surface area contributed by atoms with E-state index >= 15 is 0 Å². The quantitative estimate of drug-likeness (QED) is 0.747. The smallest absolute Gasteiger partial charge is 0.321 e. The molecule has 20 heavy (non-hydrogen) atoms. The largest absolute Gasteiger partial charge is 0.480 e. The van der Waals surface area contributed by atoms with E-state index in [0.717, 1.165) is 11.1 Å². The number of carboxylic acids is 1. The molecular formula is C13H17ClN2O3S. The third kappa shape index (κ3) is 5.03. The normalized spacial score (nSPS) is 12.0. The van der Waals surface area contributed by atoms with Crippen molar-refractivity contribution in [1.82, 2.24) is 0 Å². The molecule has 0 spiro atoms. The summed E-state index contributed by atoms with van der Waals surface area (Å²) in [5.74, 6) is -0.995. The highest BCUT2D eigenvalue weighted by atomic mass is 35.5. The summed E-state index contributed by atoms with van der Waals surface area (Å²) in [5, 5.41) is 11.8. The van der Waals surface area contributed by atoms with Gasteiger partial charge in [-0.15, -0.1) is 11.8 Å². The van der Waals surface area contributed by atoms with Gasteiger partial charge >= 0.3 is 5.97 Å². The summed E-state index contributed by atoms with van der Waals surface area (Å²) in [5.41, 5.74) is 7.84. The zero-order valence-corrected chi connectivity index (χ0v) is 12.8. The second-order valence-electron chi connectivity index (χ2n) is 4.45. The van der Waals surface area contributed by atoms with E-state index < -0.39 is 12.0 Å². The van der Waals surface area contributed by atoms with E-state index in [2.05, 4.69) is 5.32 Å². The molecule has 1 rings (SSSR count). The number of benzene rings is 1. The minimum absolute atomic E-state index is 0.130. The summed E-state index contributed by atoms with van der Waals surface area (Å²) in [6, 6.07) is 2.74. The van der Waals surface area contributed by atoms with Gasteiger partial charge in [-0.3, -0.25) is 9.59 Å². The Bertz CT molecular complexity index is 499. The minimum Gasteiger partial charge on any atom is -0.480 e. The van der Waals surface area contributed by atoms with Crippen LogP contribution in [-0.2, 0) is 9.59 Å². The molecule has 0 aromatic heterocycles. The van der Waals surface area contributed by atoms with Crippen molar-refractivity contribution in [3.05, 3.63) is 28.3 Å². The highest BCUT2D eigenvalue weighted by Crippen LogP contribution is 2.27. The maximum absolute atomic E-state index is 11.8. The Morgan fingerprint density at radius 3 is 2.65 bits per heavy atom. The molecule has 110 valence electrons. The first kappa shape index (κ1) is 16.8. The van der Waals surface area contributed by atoms with Gasteiger partial charge in [0.15, 0.2) is 0 Å². The number of carboxylic acid groups (broad SMARTS) is 1. The number of aliphatic carboxylic acids is 1. The number of aryl methyl sites for hydroxylation is 2. The lowest BCUT2D eigenvalue weighted by atomic mass is 10.1. The van der Waals surface area contributed by atoms with Crippen molar-refractivity contribution in [2.45, 2.75) is 19.9 Å². The first-order chi connectivity index (χ1) is 9.31. The van der Waals surface area contributed by atoms with Crippen LogP contribution in [0.1, 0.15) is 11.1 Å². The fourth-order valence-corrected chi connectivity index (χ4v) is 2.74. The molecule has 1 atom stereocenters. The fraction of sp³-hybridized carbons (Fsp3) is 0.385. The molecule has 0 saturated carbocycles. The van der Waals surface area contributed by atoms with Crippen LogP contribution in [0, 0.1) is 13.8 Å². The van der Waals surface area contributed by atoms with Crippen molar-refractivity contribution in [3.8, 4) is 0 Å². The van der Waals surface area contributed by atoms with E-state index in [0.29, 0.717) is 10.7 Å². The maximum Gasteiger partial charge on any atom is 0.321 e. The van der Waals surface area contributed by atoms with Gasteiger partial charge in [0, 0.05) is 5.75 Å². The molecule has 0 saturated heterocycles. The SMILES string of the molecule is Cc1cc(C)c(NC(=O)CSC[C@@H](N)C(=O)O)c(Cl)c1. The average Bonchev–Trinajstić information content (AvgIpc) is 2.33. The molecule has 0 aliphatic rings. The van der Waals surface area contributed by atoms with Gasteiger partial charge in [-0.2, -0.15) is 0 Å². The van der Waals surface area contributed by atoms with Gasteiger partial charge in [-0.05, 0) is 31.0 Å². The lowest BCUT2D eigenvalue weighted by Crippen LogP contribution is -2.33. The first-order valence-electron chi connectivity index (χ1n) is 5.94. The molecule has 0 aliphatic carbocycles. The number of rotatable bonds is 6. The third-order valence-corrected chi connectivity index (χ3v) is 3.90. The standard InChI is InChI=1S/C13H17ClN2O3S/c1-7-3-8(2)12(9(14)4-7)16-11(17)6-20-5-10(15)13(18)19/h3-4,10H,5-6,15H2,1-2H3,(H,16,17)(H,18,19)/t10-/m1/s1. The van der Waals surface area contributed by atoms with Crippen molar-refractivity contribution in [2.75, 3.05) is 16.8 Å². The number of thioether (sulfide) groups is 1. The number of hydrogen-bond donors (Lipinski definition) is 3. The molecule has 1 amide bonds. The van der Waals surface area contributed by atoms with Gasteiger partial charge in [-0.1, -0.05) is 17.7 Å². The molecule has 0 heterocycles. The lowest BCUT2D eigenvalue weighted by molar-refractivity contribution is -0.137. The summed E-state index contributed by atoms with van der Waals surface area (Å²) in [6.07, 6.45) is 0. The van der Waals surface area contributed by atoms with Crippen molar-refractivity contribution >= 4 is 40.9 Å². The fourth-order valence-electron chi connectivity index (χ4n) is 1.60. The number of nitrogens with two attached hydrogens (primary N) is 1. The average molecular weight is 317 g/mol. The van der Waals surface area contributed by atoms with Crippen LogP contribution in [0.25, 0.3) is 0 Å². The van der Waals surface area contributed by atoms with E-state index in [-0.39, 0.29) is 17.4 Å². The number of anilines is 1. The predicted octanol–water partition coefficient (Wildman–Crippen LogP) is 2.04. The Kier molecular flexibility index (Phi) is 6.32. The summed E-state index contributed by atoms with van der Waals surface area (Å²) in [4.78, 5) is 22.3. The first-order valence-corrected chi connectivity index (χ1v) is 7.47.